The Balaban J connectivity index is 0.552. The number of piperidine rings is 1. The van der Waals surface area contributed by atoms with E-state index in [1.165, 1.54) is 16.9 Å². The molecule has 5 heterocycles. The van der Waals surface area contributed by atoms with E-state index in [1.807, 2.05) is 0 Å². The lowest BCUT2D eigenvalue weighted by Gasteiger charge is -2.27. The minimum absolute atomic E-state index is 0.0722. The number of fused-ring (bicyclic) bond motifs is 2. The van der Waals surface area contributed by atoms with Crippen LogP contribution in [0.1, 0.15) is 61.6 Å². The number of ketones is 1. The minimum atomic E-state index is -0.994. The quantitative estimate of drug-likeness (QED) is 0.0333. The maximum Gasteiger partial charge on any atom is 0.266 e. The summed E-state index contributed by atoms with van der Waals surface area (Å²) in [6.45, 7) is 9.78. The van der Waals surface area contributed by atoms with E-state index in [1.54, 1.807) is 61.6 Å². The van der Waals surface area contributed by atoms with Crippen molar-refractivity contribution >= 4 is 40.5 Å². The first-order chi connectivity index (χ1) is 40.2. The Hall–Kier alpha value is -6.75. The lowest BCUT2D eigenvalue weighted by Crippen LogP contribution is -2.54. The Morgan fingerprint density at radius 1 is 0.622 bits per heavy atom. The fraction of sp³-hybridized carbons (Fsp3) is 0.526. The zero-order valence-electron chi connectivity index (χ0n) is 46.2. The van der Waals surface area contributed by atoms with Gasteiger partial charge >= 0.3 is 0 Å². The number of hydrogen-bond acceptors (Lipinski definition) is 22. The molecule has 25 nitrogen and oxygen atoms in total. The molecule has 4 amide bonds. The van der Waals surface area contributed by atoms with Crippen molar-refractivity contribution in [2.75, 3.05) is 152 Å². The van der Waals surface area contributed by atoms with Crippen LogP contribution in [0.15, 0.2) is 76.1 Å². The number of nitrogens with zero attached hydrogens (tertiary/aromatic N) is 5. The van der Waals surface area contributed by atoms with Gasteiger partial charge in [-0.3, -0.25) is 39.0 Å². The van der Waals surface area contributed by atoms with Crippen molar-refractivity contribution in [3.05, 3.63) is 105 Å². The van der Waals surface area contributed by atoms with Gasteiger partial charge in [0.1, 0.15) is 35.3 Å². The summed E-state index contributed by atoms with van der Waals surface area (Å²) in [5.41, 5.74) is 3.67. The summed E-state index contributed by atoms with van der Waals surface area (Å²) in [6.07, 6.45) is 2.96. The van der Waals surface area contributed by atoms with Crippen LogP contribution in [0.2, 0.25) is 0 Å². The Kier molecular flexibility index (Phi) is 27.0. The molecule has 25 heteroatoms. The van der Waals surface area contributed by atoms with Gasteiger partial charge in [-0.25, -0.2) is 14.6 Å². The molecule has 444 valence electrons. The van der Waals surface area contributed by atoms with Gasteiger partial charge in [0.2, 0.25) is 17.7 Å². The average molecular weight is 1150 g/mol. The first-order valence-electron chi connectivity index (χ1n) is 27.4. The number of rotatable bonds is 43. The molecule has 5 aromatic rings. The molecule has 1 atom stereocenters. The molecule has 1 saturated heterocycles. The smallest absolute Gasteiger partial charge is 0.266 e. The van der Waals surface area contributed by atoms with E-state index in [0.29, 0.717) is 199 Å². The standard InChI is InChI=1S/C57H72N6O19/c1-62-52(66)14-10-46(61-62)55-59-47-38-41(7-12-50(47)82-55)39-49(64)45-9-8-43(40-58-45)81-37-36-80-35-34-79-33-32-78-31-30-77-29-28-76-27-26-75-25-24-74-23-22-73-21-20-72-19-18-71-17-16-70-15-3-5-42-4-2-6-44-53(42)57(69)63(56(44)68)48-11-13-51(65)60-54(48)67/h2,4,6-10,12,14,38,40,48H,3,5,11,13,15-37,39H2,1H3,(H,60,65,67). The topological polar surface area (TPSA) is 285 Å². The summed E-state index contributed by atoms with van der Waals surface area (Å²) in [4.78, 5) is 84.6. The van der Waals surface area contributed by atoms with Gasteiger partial charge in [-0.15, -0.1) is 0 Å². The normalized spacial score (nSPS) is 14.3. The van der Waals surface area contributed by atoms with Crippen molar-refractivity contribution in [3.8, 4) is 17.3 Å². The third-order valence-corrected chi connectivity index (χ3v) is 12.5. The molecule has 3 aromatic heterocycles. The number of aryl methyl sites for hydroxylation is 2. The lowest BCUT2D eigenvalue weighted by molar-refractivity contribution is -0.136. The van der Waals surface area contributed by atoms with Crippen LogP contribution in [0, 0.1) is 0 Å². The number of pyridine rings is 1. The van der Waals surface area contributed by atoms with Crippen LogP contribution in [0.5, 0.6) is 5.75 Å². The van der Waals surface area contributed by atoms with Crippen molar-refractivity contribution in [1.29, 1.82) is 0 Å². The molecule has 0 saturated carbocycles. The van der Waals surface area contributed by atoms with Crippen LogP contribution in [0.3, 0.4) is 0 Å². The molecular formula is C57H72N6O19. The Morgan fingerprint density at radius 3 is 1.70 bits per heavy atom. The fourth-order valence-electron chi connectivity index (χ4n) is 8.39. The lowest BCUT2D eigenvalue weighted by atomic mass is 9.99. The molecule has 0 aliphatic carbocycles. The Morgan fingerprint density at radius 2 is 1.17 bits per heavy atom. The van der Waals surface area contributed by atoms with Crippen LogP contribution in [-0.2, 0) is 81.6 Å². The van der Waals surface area contributed by atoms with Gasteiger partial charge in [0.05, 0.1) is 156 Å². The van der Waals surface area contributed by atoms with Gasteiger partial charge in [-0.1, -0.05) is 18.2 Å². The molecule has 2 aromatic carbocycles. The average Bonchev–Trinajstić information content (AvgIpc) is 4.25. The molecule has 2 aliphatic heterocycles. The summed E-state index contributed by atoms with van der Waals surface area (Å²) in [6, 6.07) is 15.7. The molecule has 0 spiro atoms. The zero-order valence-corrected chi connectivity index (χ0v) is 46.2. The molecule has 1 N–H and O–H groups in total. The van der Waals surface area contributed by atoms with Crippen LogP contribution in [0.25, 0.3) is 22.7 Å². The highest BCUT2D eigenvalue weighted by molar-refractivity contribution is 6.24. The van der Waals surface area contributed by atoms with Gasteiger partial charge < -0.3 is 61.3 Å². The van der Waals surface area contributed by atoms with E-state index in [-0.39, 0.29) is 42.1 Å². The van der Waals surface area contributed by atoms with Gasteiger partial charge in [0.25, 0.3) is 17.4 Å². The van der Waals surface area contributed by atoms with E-state index in [0.717, 1.165) is 16.0 Å². The number of imide groups is 2. The second-order valence-electron chi connectivity index (χ2n) is 18.5. The molecule has 2 aliphatic rings. The third kappa shape index (κ3) is 20.6. The Bertz CT molecular complexity index is 2860. The molecule has 1 fully saturated rings. The summed E-state index contributed by atoms with van der Waals surface area (Å²) < 4.78 is 73.8. The Labute approximate surface area is 474 Å². The first kappa shape index (κ1) is 62.8. The molecular weight excluding hydrogens is 1070 g/mol. The number of carbonyl (C=O) groups is 5. The number of Topliss-reactive ketones (excluding diaryl/α,β-unsaturated/α-hetero) is 1. The highest BCUT2D eigenvalue weighted by atomic mass is 16.6. The molecule has 1 unspecified atom stereocenters. The number of amides is 4. The maximum absolute atomic E-state index is 13.2. The highest BCUT2D eigenvalue weighted by Gasteiger charge is 2.45. The summed E-state index contributed by atoms with van der Waals surface area (Å²) in [7, 11) is 1.55. The van der Waals surface area contributed by atoms with Crippen molar-refractivity contribution < 1.29 is 85.2 Å². The van der Waals surface area contributed by atoms with E-state index in [2.05, 4.69) is 20.4 Å². The van der Waals surface area contributed by atoms with Gasteiger partial charge in [0.15, 0.2) is 11.4 Å². The van der Waals surface area contributed by atoms with Gasteiger partial charge in [0, 0.05) is 32.6 Å². The van der Waals surface area contributed by atoms with E-state index in [4.69, 9.17) is 61.3 Å². The molecule has 0 bridgehead atoms. The van der Waals surface area contributed by atoms with Crippen LogP contribution in [-0.4, -0.2) is 212 Å². The van der Waals surface area contributed by atoms with Gasteiger partial charge in [-0.05, 0) is 66.8 Å². The van der Waals surface area contributed by atoms with Crippen LogP contribution < -0.4 is 15.6 Å². The number of oxazole rings is 1. The summed E-state index contributed by atoms with van der Waals surface area (Å²) in [5.74, 6) is -1.42. The predicted molar refractivity (Wildman–Crippen MR) is 291 cm³/mol. The SMILES string of the molecule is Cn1nc(-c2nc3cc(CC(=O)c4ccc(OCCOCCOCCOCCOCCOCCOCCOCCOCCOCCOCCOCCCc5cccc6c5C(=O)N(C5CCC(=O)NC5=O)C6=O)cn4)ccc3o2)ccc1=O. The van der Waals surface area contributed by atoms with E-state index in [9.17, 15) is 28.8 Å². The summed E-state index contributed by atoms with van der Waals surface area (Å²) >= 11 is 0. The molecule has 7 rings (SSSR count). The van der Waals surface area contributed by atoms with Gasteiger partial charge in [-0.2, -0.15) is 5.10 Å². The zero-order chi connectivity index (χ0) is 57.6. The molecule has 0 radical (unpaired) electrons. The highest BCUT2D eigenvalue weighted by Crippen LogP contribution is 2.31. The van der Waals surface area contributed by atoms with Crippen molar-refractivity contribution in [3.63, 3.8) is 0 Å². The maximum atomic E-state index is 13.2. The van der Waals surface area contributed by atoms with Crippen molar-refractivity contribution in [2.24, 2.45) is 7.05 Å². The van der Waals surface area contributed by atoms with Crippen LogP contribution in [0.4, 0.5) is 0 Å². The number of hydrogen-bond donors (Lipinski definition) is 1. The minimum Gasteiger partial charge on any atom is -0.490 e. The van der Waals surface area contributed by atoms with Crippen molar-refractivity contribution in [2.45, 2.75) is 38.1 Å². The number of aromatic nitrogens is 4. The monoisotopic (exact) mass is 1140 g/mol. The number of ether oxygens (including phenoxy) is 12. The largest absolute Gasteiger partial charge is 0.490 e. The van der Waals surface area contributed by atoms with Crippen LogP contribution >= 0.6 is 0 Å². The van der Waals surface area contributed by atoms with E-state index < -0.39 is 29.7 Å². The predicted octanol–water partition coefficient (Wildman–Crippen LogP) is 3.00. The number of benzene rings is 2. The first-order valence-corrected chi connectivity index (χ1v) is 27.4. The second-order valence-corrected chi connectivity index (χ2v) is 18.5. The number of nitrogens with one attached hydrogen (secondary N) is 1. The molecule has 82 heavy (non-hydrogen) atoms. The third-order valence-electron chi connectivity index (χ3n) is 12.5. The second kappa shape index (κ2) is 35.3. The fourth-order valence-corrected chi connectivity index (χ4v) is 8.39. The van der Waals surface area contributed by atoms with E-state index >= 15 is 0 Å². The number of carbonyl (C=O) groups excluding carboxylic acids is 5. The van der Waals surface area contributed by atoms with Crippen molar-refractivity contribution in [1.82, 2.24) is 30.0 Å². The summed E-state index contributed by atoms with van der Waals surface area (Å²) in [5, 5.41) is 6.39.